The first-order valence-corrected chi connectivity index (χ1v) is 10.0. The molecule has 0 aliphatic carbocycles. The second-order valence-corrected chi connectivity index (χ2v) is 10.7. The molecule has 0 spiro atoms. The van der Waals surface area contributed by atoms with E-state index in [1.807, 2.05) is 6.92 Å². The first-order valence-electron chi connectivity index (χ1n) is 6.61. The molecule has 0 N–H and O–H groups in total. The Labute approximate surface area is 112 Å². The van der Waals surface area contributed by atoms with E-state index in [2.05, 4.69) is 26.6 Å². The predicted molar refractivity (Wildman–Crippen MR) is 75.8 cm³/mol. The van der Waals surface area contributed by atoms with Crippen molar-refractivity contribution >= 4 is 8.07 Å². The molecule has 4 nitrogen and oxygen atoms in total. The van der Waals surface area contributed by atoms with Crippen molar-refractivity contribution in [3.63, 3.8) is 0 Å². The summed E-state index contributed by atoms with van der Waals surface area (Å²) in [5, 5.41) is 0. The molecule has 0 rings (SSSR count). The molecule has 0 saturated heterocycles. The third-order valence-electron chi connectivity index (χ3n) is 2.58. The maximum absolute atomic E-state index is 5.23. The monoisotopic (exact) mass is 276 g/mol. The largest absolute Gasteiger partial charge is 0.240 e. The molecule has 0 unspecified atom stereocenters. The van der Waals surface area contributed by atoms with Crippen molar-refractivity contribution in [3.05, 3.63) is 12.2 Å². The van der Waals surface area contributed by atoms with Crippen LogP contribution < -0.4 is 0 Å². The summed E-state index contributed by atoms with van der Waals surface area (Å²) in [7, 11) is -1.17. The van der Waals surface area contributed by atoms with Gasteiger partial charge in [0.25, 0.3) is 0 Å². The highest BCUT2D eigenvalue weighted by atomic mass is 28.3. The lowest BCUT2D eigenvalue weighted by Crippen LogP contribution is -2.31. The fourth-order valence-corrected chi connectivity index (χ4v) is 1.49. The maximum Gasteiger partial charge on any atom is 0.103 e. The van der Waals surface area contributed by atoms with Crippen LogP contribution in [0.25, 0.3) is 0 Å². The maximum atomic E-state index is 5.23. The minimum Gasteiger partial charge on any atom is -0.240 e. The van der Waals surface area contributed by atoms with Crippen LogP contribution >= 0.6 is 0 Å². The average Bonchev–Trinajstić information content (AvgIpc) is 2.31. The van der Waals surface area contributed by atoms with E-state index in [0.29, 0.717) is 19.8 Å². The van der Waals surface area contributed by atoms with Gasteiger partial charge in [0.15, 0.2) is 0 Å². The lowest BCUT2D eigenvalue weighted by atomic mass is 10.3. The van der Waals surface area contributed by atoms with Gasteiger partial charge in [0.1, 0.15) is 6.61 Å². The molecule has 0 aromatic carbocycles. The van der Waals surface area contributed by atoms with Crippen LogP contribution in [-0.4, -0.2) is 34.1 Å². The molecule has 0 atom stereocenters. The van der Waals surface area contributed by atoms with E-state index in [9.17, 15) is 0 Å². The van der Waals surface area contributed by atoms with Crippen molar-refractivity contribution in [2.75, 3.05) is 26.1 Å². The molecule has 0 bridgehead atoms. The second-order valence-electron chi connectivity index (χ2n) is 5.35. The zero-order chi connectivity index (χ0) is 13.9. The van der Waals surface area contributed by atoms with Crippen LogP contribution in [-0.2, 0) is 19.6 Å². The van der Waals surface area contributed by atoms with Gasteiger partial charge in [0, 0.05) is 0 Å². The molecular weight excluding hydrogens is 248 g/mol. The van der Waals surface area contributed by atoms with E-state index in [4.69, 9.17) is 19.6 Å². The SMILES string of the molecule is C=C(C)COOCCCCOOC[Si](C)(C)CC. The topological polar surface area (TPSA) is 36.9 Å². The Morgan fingerprint density at radius 1 is 1.00 bits per heavy atom. The van der Waals surface area contributed by atoms with E-state index in [1.165, 1.54) is 6.04 Å². The van der Waals surface area contributed by atoms with Crippen molar-refractivity contribution in [2.24, 2.45) is 0 Å². The fourth-order valence-electron chi connectivity index (χ4n) is 0.885. The summed E-state index contributed by atoms with van der Waals surface area (Å²) in [5.74, 6) is 0. The standard InChI is InChI=1S/C13H28O4Si/c1-6-18(4,5)12-17-15-10-8-7-9-14-16-11-13(2)3/h2,6-12H2,1,3-5H3. The Balaban J connectivity index is 3.15. The molecule has 5 heteroatoms. The van der Waals surface area contributed by atoms with Gasteiger partial charge < -0.3 is 0 Å². The Kier molecular flexibility index (Phi) is 10.6. The van der Waals surface area contributed by atoms with Crippen LogP contribution in [0.5, 0.6) is 0 Å². The lowest BCUT2D eigenvalue weighted by Gasteiger charge is -2.18. The van der Waals surface area contributed by atoms with Crippen LogP contribution in [0.4, 0.5) is 0 Å². The van der Waals surface area contributed by atoms with Gasteiger partial charge in [-0.1, -0.05) is 38.2 Å². The van der Waals surface area contributed by atoms with E-state index < -0.39 is 8.07 Å². The fraction of sp³-hybridized carbons (Fsp3) is 0.846. The molecule has 0 aromatic rings. The third-order valence-corrected chi connectivity index (χ3v) is 5.40. The normalized spacial score (nSPS) is 11.8. The minimum absolute atomic E-state index is 0.455. The van der Waals surface area contributed by atoms with Crippen LogP contribution in [0, 0.1) is 0 Å². The highest BCUT2D eigenvalue weighted by Crippen LogP contribution is 2.08. The zero-order valence-electron chi connectivity index (χ0n) is 12.3. The number of rotatable bonds is 12. The molecular formula is C13H28O4Si. The summed E-state index contributed by atoms with van der Waals surface area (Å²) in [5.41, 5.74) is 0.953. The average molecular weight is 276 g/mol. The van der Waals surface area contributed by atoms with E-state index in [1.54, 1.807) is 0 Å². The van der Waals surface area contributed by atoms with Crippen molar-refractivity contribution in [2.45, 2.75) is 45.8 Å². The molecule has 0 saturated carbocycles. The first-order chi connectivity index (χ1) is 8.48. The lowest BCUT2D eigenvalue weighted by molar-refractivity contribution is -0.295. The number of hydrogen-bond donors (Lipinski definition) is 0. The van der Waals surface area contributed by atoms with E-state index in [-0.39, 0.29) is 0 Å². The Hall–Kier alpha value is -0.203. The zero-order valence-corrected chi connectivity index (χ0v) is 13.3. The van der Waals surface area contributed by atoms with Gasteiger partial charge in [0.2, 0.25) is 0 Å². The molecule has 0 amide bonds. The van der Waals surface area contributed by atoms with Crippen molar-refractivity contribution in [1.29, 1.82) is 0 Å². The Morgan fingerprint density at radius 2 is 1.56 bits per heavy atom. The van der Waals surface area contributed by atoms with Gasteiger partial charge in [-0.15, -0.1) is 0 Å². The molecule has 0 aliphatic rings. The van der Waals surface area contributed by atoms with E-state index >= 15 is 0 Å². The smallest absolute Gasteiger partial charge is 0.103 e. The first kappa shape index (κ1) is 17.8. The van der Waals surface area contributed by atoms with Gasteiger partial charge >= 0.3 is 0 Å². The molecule has 0 aliphatic heterocycles. The van der Waals surface area contributed by atoms with Crippen molar-refractivity contribution in [1.82, 2.24) is 0 Å². The highest BCUT2D eigenvalue weighted by molar-refractivity contribution is 6.77. The second kappa shape index (κ2) is 10.7. The molecule has 0 radical (unpaired) electrons. The Bertz CT molecular complexity index is 219. The van der Waals surface area contributed by atoms with Crippen LogP contribution in [0.15, 0.2) is 12.2 Å². The summed E-state index contributed by atoms with van der Waals surface area (Å²) in [6, 6.07) is 1.21. The van der Waals surface area contributed by atoms with Crippen LogP contribution in [0.3, 0.4) is 0 Å². The molecule has 18 heavy (non-hydrogen) atoms. The highest BCUT2D eigenvalue weighted by Gasteiger charge is 2.18. The summed E-state index contributed by atoms with van der Waals surface area (Å²) in [6.45, 7) is 14.0. The van der Waals surface area contributed by atoms with Crippen molar-refractivity contribution < 1.29 is 19.6 Å². The number of hydrogen-bond acceptors (Lipinski definition) is 4. The minimum atomic E-state index is -1.17. The van der Waals surface area contributed by atoms with Gasteiger partial charge in [-0.3, -0.25) is 0 Å². The van der Waals surface area contributed by atoms with Crippen LogP contribution in [0.2, 0.25) is 19.1 Å². The van der Waals surface area contributed by atoms with Gasteiger partial charge in [-0.25, -0.2) is 19.6 Å². The quantitative estimate of drug-likeness (QED) is 0.180. The summed E-state index contributed by atoms with van der Waals surface area (Å²) in [4.78, 5) is 20.3. The Morgan fingerprint density at radius 3 is 2.06 bits per heavy atom. The summed E-state index contributed by atoms with van der Waals surface area (Å²) >= 11 is 0. The number of unbranched alkanes of at least 4 members (excludes halogenated alkanes) is 1. The van der Waals surface area contributed by atoms with Gasteiger partial charge in [0.05, 0.1) is 27.5 Å². The van der Waals surface area contributed by atoms with Crippen molar-refractivity contribution in [3.8, 4) is 0 Å². The summed E-state index contributed by atoms with van der Waals surface area (Å²) in [6.07, 6.45) is 2.57. The molecule has 0 heterocycles. The van der Waals surface area contributed by atoms with Gasteiger partial charge in [-0.2, -0.15) is 0 Å². The predicted octanol–water partition coefficient (Wildman–Crippen LogP) is 3.51. The van der Waals surface area contributed by atoms with E-state index in [0.717, 1.165) is 24.6 Å². The molecule has 0 aromatic heterocycles. The third kappa shape index (κ3) is 12.3. The summed E-state index contributed by atoms with van der Waals surface area (Å²) < 4.78 is 0. The molecule has 108 valence electrons. The molecule has 0 fully saturated rings. The van der Waals surface area contributed by atoms with Crippen LogP contribution in [0.1, 0.15) is 26.7 Å². The van der Waals surface area contributed by atoms with Gasteiger partial charge in [-0.05, 0) is 19.8 Å².